The van der Waals surface area contributed by atoms with E-state index >= 15 is 0 Å². The fourth-order valence-corrected chi connectivity index (χ4v) is 1.62. The Balaban J connectivity index is 2.79. The summed E-state index contributed by atoms with van der Waals surface area (Å²) in [5.74, 6) is 0.270. The molecule has 0 aliphatic rings. The van der Waals surface area contributed by atoms with Gasteiger partial charge in [0.2, 0.25) is 0 Å². The van der Waals surface area contributed by atoms with Crippen molar-refractivity contribution in [1.29, 1.82) is 0 Å². The molecule has 20 heavy (non-hydrogen) atoms. The number of aliphatic hydroxyl groups excluding tert-OH is 1. The smallest absolute Gasteiger partial charge is 0.161 e. The predicted molar refractivity (Wildman–Crippen MR) is 78.9 cm³/mol. The van der Waals surface area contributed by atoms with Gasteiger partial charge >= 0.3 is 0 Å². The average Bonchev–Trinajstić information content (AvgIpc) is 2.40. The zero-order valence-electron chi connectivity index (χ0n) is 11.8. The van der Waals surface area contributed by atoms with Gasteiger partial charge in [-0.15, -0.1) is 0 Å². The van der Waals surface area contributed by atoms with Crippen molar-refractivity contribution in [3.8, 4) is 11.5 Å². The lowest BCUT2D eigenvalue weighted by molar-refractivity contribution is -0.114. The van der Waals surface area contributed by atoms with E-state index in [9.17, 15) is 15.0 Å². The third kappa shape index (κ3) is 5.18. The molecule has 0 radical (unpaired) electrons. The summed E-state index contributed by atoms with van der Waals surface area (Å²) in [6.07, 6.45) is 5.47. The molecule has 0 saturated carbocycles. The van der Waals surface area contributed by atoms with Crippen LogP contribution >= 0.6 is 0 Å². The Morgan fingerprint density at radius 1 is 1.35 bits per heavy atom. The minimum Gasteiger partial charge on any atom is -0.508 e. The summed E-state index contributed by atoms with van der Waals surface area (Å²) in [6, 6.07) is 4.87. The van der Waals surface area contributed by atoms with E-state index in [1.54, 1.807) is 18.2 Å². The van der Waals surface area contributed by atoms with Crippen LogP contribution in [0.4, 0.5) is 0 Å². The Morgan fingerprint density at radius 2 is 2.10 bits per heavy atom. The number of carbonyl (C=O) groups excluding carboxylic acids is 1. The second-order valence-electron chi connectivity index (χ2n) is 4.28. The van der Waals surface area contributed by atoms with Crippen LogP contribution in [0, 0.1) is 0 Å². The lowest BCUT2D eigenvalue weighted by Crippen LogP contribution is -1.93. The molecule has 0 unspecified atom stereocenters. The zero-order valence-corrected chi connectivity index (χ0v) is 11.8. The van der Waals surface area contributed by atoms with Crippen LogP contribution in [0.2, 0.25) is 0 Å². The van der Waals surface area contributed by atoms with E-state index in [-0.39, 0.29) is 17.3 Å². The molecule has 0 saturated heterocycles. The first-order valence-electron chi connectivity index (χ1n) is 6.64. The van der Waals surface area contributed by atoms with Crippen molar-refractivity contribution >= 4 is 11.9 Å². The molecule has 0 heterocycles. The first-order valence-corrected chi connectivity index (χ1v) is 6.64. The Bertz CT molecular complexity index is 515. The van der Waals surface area contributed by atoms with Crippen molar-refractivity contribution in [1.82, 2.24) is 0 Å². The molecule has 0 aliphatic heterocycles. The highest BCUT2D eigenvalue weighted by molar-refractivity contribution is 5.90. The Labute approximate surface area is 119 Å². The Kier molecular flexibility index (Phi) is 6.37. The van der Waals surface area contributed by atoms with E-state index < -0.39 is 0 Å². The minimum atomic E-state index is -0.102. The number of hydrogen-bond acceptors (Lipinski definition) is 4. The second kappa shape index (κ2) is 8.04. The van der Waals surface area contributed by atoms with Crippen LogP contribution < -0.4 is 4.74 Å². The van der Waals surface area contributed by atoms with Crippen molar-refractivity contribution in [3.05, 3.63) is 41.7 Å². The average molecular weight is 276 g/mol. The predicted octanol–water partition coefficient (Wildman–Crippen LogP) is 3.62. The third-order valence-corrected chi connectivity index (χ3v) is 2.54. The number of carbonyl (C=O) groups is 1. The van der Waals surface area contributed by atoms with Crippen molar-refractivity contribution < 1.29 is 19.7 Å². The van der Waals surface area contributed by atoms with Gasteiger partial charge in [-0.1, -0.05) is 19.1 Å². The molecule has 4 heteroatoms. The van der Waals surface area contributed by atoms with Crippen molar-refractivity contribution in [2.24, 2.45) is 0 Å². The van der Waals surface area contributed by atoms with Crippen LogP contribution in [0.15, 0.2) is 36.1 Å². The number of ether oxygens (including phenoxy) is 1. The number of aliphatic hydroxyl groups is 1. The van der Waals surface area contributed by atoms with Crippen molar-refractivity contribution in [2.45, 2.75) is 26.7 Å². The van der Waals surface area contributed by atoms with E-state index in [0.717, 1.165) is 12.0 Å². The van der Waals surface area contributed by atoms with Crippen molar-refractivity contribution in [2.75, 3.05) is 6.61 Å². The van der Waals surface area contributed by atoms with Gasteiger partial charge in [0, 0.05) is 12.5 Å². The minimum absolute atomic E-state index is 0.0712. The van der Waals surface area contributed by atoms with E-state index in [1.807, 2.05) is 13.8 Å². The fourth-order valence-electron chi connectivity index (χ4n) is 1.62. The molecular formula is C16H20O4. The Morgan fingerprint density at radius 3 is 2.75 bits per heavy atom. The maximum Gasteiger partial charge on any atom is 0.161 e. The van der Waals surface area contributed by atoms with E-state index in [2.05, 4.69) is 0 Å². The number of phenols is 1. The van der Waals surface area contributed by atoms with Gasteiger partial charge in [-0.2, -0.15) is 0 Å². The summed E-state index contributed by atoms with van der Waals surface area (Å²) in [7, 11) is 0. The molecule has 2 N–H and O–H groups in total. The van der Waals surface area contributed by atoms with Crippen LogP contribution in [-0.2, 0) is 4.79 Å². The number of allylic oxidation sites excluding steroid dienone is 2. The highest BCUT2D eigenvalue weighted by Crippen LogP contribution is 2.27. The van der Waals surface area contributed by atoms with Gasteiger partial charge in [-0.25, -0.2) is 0 Å². The SMILES string of the molecule is CCCC(=O)C=C(O)C=Cc1ccc(O)c(OCC)c1. The maximum absolute atomic E-state index is 11.3. The van der Waals surface area contributed by atoms with Crippen LogP contribution in [0.1, 0.15) is 32.3 Å². The summed E-state index contributed by atoms with van der Waals surface area (Å²) in [6.45, 7) is 4.19. The molecule has 1 rings (SSSR count). The summed E-state index contributed by atoms with van der Waals surface area (Å²) in [5.41, 5.74) is 0.758. The van der Waals surface area contributed by atoms with Gasteiger partial charge in [0.15, 0.2) is 17.3 Å². The van der Waals surface area contributed by atoms with Gasteiger partial charge in [0.05, 0.1) is 6.61 Å². The molecule has 0 fully saturated rings. The zero-order chi connectivity index (χ0) is 15.0. The lowest BCUT2D eigenvalue weighted by atomic mass is 10.1. The molecule has 0 amide bonds. The molecule has 1 aromatic carbocycles. The first kappa shape index (κ1) is 15.8. The van der Waals surface area contributed by atoms with Crippen LogP contribution in [0.3, 0.4) is 0 Å². The highest BCUT2D eigenvalue weighted by atomic mass is 16.5. The van der Waals surface area contributed by atoms with Crippen LogP contribution in [-0.4, -0.2) is 22.6 Å². The summed E-state index contributed by atoms with van der Waals surface area (Å²) in [5, 5.41) is 19.2. The Hall–Kier alpha value is -2.23. The fraction of sp³-hybridized carbons (Fsp3) is 0.312. The largest absolute Gasteiger partial charge is 0.508 e. The van der Waals surface area contributed by atoms with Gasteiger partial charge in [-0.05, 0) is 37.1 Å². The number of ketones is 1. The quantitative estimate of drug-likeness (QED) is 0.453. The molecule has 0 aromatic heterocycles. The molecule has 0 bridgehead atoms. The van der Waals surface area contributed by atoms with E-state index in [0.29, 0.717) is 18.8 Å². The van der Waals surface area contributed by atoms with E-state index in [4.69, 9.17) is 4.74 Å². The number of benzene rings is 1. The lowest BCUT2D eigenvalue weighted by Gasteiger charge is -2.06. The van der Waals surface area contributed by atoms with Crippen LogP contribution in [0.25, 0.3) is 6.08 Å². The molecule has 4 nitrogen and oxygen atoms in total. The van der Waals surface area contributed by atoms with Gasteiger partial charge < -0.3 is 14.9 Å². The molecule has 0 atom stereocenters. The van der Waals surface area contributed by atoms with Gasteiger partial charge in [-0.3, -0.25) is 4.79 Å². The first-order chi connectivity index (χ1) is 9.56. The molecule has 1 aromatic rings. The molecule has 0 aliphatic carbocycles. The highest BCUT2D eigenvalue weighted by Gasteiger charge is 2.02. The van der Waals surface area contributed by atoms with Crippen LogP contribution in [0.5, 0.6) is 11.5 Å². The van der Waals surface area contributed by atoms with Gasteiger partial charge in [0.1, 0.15) is 5.76 Å². The third-order valence-electron chi connectivity index (χ3n) is 2.54. The topological polar surface area (TPSA) is 66.8 Å². The van der Waals surface area contributed by atoms with E-state index in [1.165, 1.54) is 18.2 Å². The second-order valence-corrected chi connectivity index (χ2v) is 4.28. The maximum atomic E-state index is 11.3. The number of phenolic OH excluding ortho intramolecular Hbond substituents is 1. The summed E-state index contributed by atoms with van der Waals surface area (Å²) < 4.78 is 5.27. The number of hydrogen-bond donors (Lipinski definition) is 2. The molecular weight excluding hydrogens is 256 g/mol. The summed E-state index contributed by atoms with van der Waals surface area (Å²) in [4.78, 5) is 11.3. The summed E-state index contributed by atoms with van der Waals surface area (Å²) >= 11 is 0. The van der Waals surface area contributed by atoms with Gasteiger partial charge in [0.25, 0.3) is 0 Å². The standard InChI is InChI=1S/C16H20O4/c1-3-5-13(17)11-14(18)8-6-12-7-9-15(19)16(10-12)20-4-2/h6-11,18-19H,3-5H2,1-2H3. The number of rotatable bonds is 7. The van der Waals surface area contributed by atoms with Crippen molar-refractivity contribution in [3.63, 3.8) is 0 Å². The monoisotopic (exact) mass is 276 g/mol. The molecule has 108 valence electrons. The molecule has 0 spiro atoms. The number of aromatic hydroxyl groups is 1. The normalized spacial score (nSPS) is 11.8.